The SMILES string of the molecule is N#CCc1cc(Sc2cc(Cl)ccc2Cl)ccc1N. The minimum Gasteiger partial charge on any atom is -0.398 e. The molecule has 0 spiro atoms. The smallest absolute Gasteiger partial charge is 0.0670 e. The zero-order valence-corrected chi connectivity index (χ0v) is 12.2. The van der Waals surface area contributed by atoms with Gasteiger partial charge in [-0.15, -0.1) is 0 Å². The molecule has 0 unspecified atom stereocenters. The van der Waals surface area contributed by atoms with Crippen molar-refractivity contribution in [3.8, 4) is 6.07 Å². The maximum Gasteiger partial charge on any atom is 0.0670 e. The Morgan fingerprint density at radius 3 is 2.68 bits per heavy atom. The van der Waals surface area contributed by atoms with Crippen molar-refractivity contribution in [3.63, 3.8) is 0 Å². The Hall–Kier alpha value is -1.34. The van der Waals surface area contributed by atoms with Crippen molar-refractivity contribution >= 4 is 40.7 Å². The predicted octanol–water partition coefficient (Wildman–Crippen LogP) is 4.79. The highest BCUT2D eigenvalue weighted by Gasteiger charge is 2.06. The van der Waals surface area contributed by atoms with Gasteiger partial charge in [-0.25, -0.2) is 0 Å². The molecule has 0 aliphatic heterocycles. The Morgan fingerprint density at radius 2 is 1.95 bits per heavy atom. The molecule has 0 aliphatic rings. The van der Waals surface area contributed by atoms with E-state index >= 15 is 0 Å². The number of hydrogen-bond donors (Lipinski definition) is 1. The monoisotopic (exact) mass is 308 g/mol. The van der Waals surface area contributed by atoms with Crippen molar-refractivity contribution in [1.29, 1.82) is 5.26 Å². The number of nitriles is 1. The number of nitrogen functional groups attached to an aromatic ring is 1. The minimum absolute atomic E-state index is 0.295. The van der Waals surface area contributed by atoms with Crippen molar-refractivity contribution in [2.24, 2.45) is 0 Å². The van der Waals surface area contributed by atoms with E-state index in [4.69, 9.17) is 34.2 Å². The summed E-state index contributed by atoms with van der Waals surface area (Å²) in [6.45, 7) is 0. The van der Waals surface area contributed by atoms with Crippen molar-refractivity contribution in [2.75, 3.05) is 5.73 Å². The number of halogens is 2. The van der Waals surface area contributed by atoms with Gasteiger partial charge in [-0.1, -0.05) is 35.0 Å². The van der Waals surface area contributed by atoms with Gasteiger partial charge in [0.25, 0.3) is 0 Å². The van der Waals surface area contributed by atoms with Gasteiger partial charge in [0.05, 0.1) is 17.5 Å². The van der Waals surface area contributed by atoms with Crippen LogP contribution in [-0.2, 0) is 6.42 Å². The molecule has 0 fully saturated rings. The topological polar surface area (TPSA) is 49.8 Å². The van der Waals surface area contributed by atoms with Gasteiger partial charge in [-0.2, -0.15) is 5.26 Å². The second-order valence-corrected chi connectivity index (χ2v) is 5.83. The Kier molecular flexibility index (Phi) is 4.60. The number of anilines is 1. The van der Waals surface area contributed by atoms with Crippen LogP contribution in [0.25, 0.3) is 0 Å². The van der Waals surface area contributed by atoms with E-state index in [0.717, 1.165) is 15.4 Å². The molecule has 0 amide bonds. The van der Waals surface area contributed by atoms with Crippen LogP contribution < -0.4 is 5.73 Å². The van der Waals surface area contributed by atoms with Gasteiger partial charge in [0.1, 0.15) is 0 Å². The lowest BCUT2D eigenvalue weighted by molar-refractivity contribution is 1.23. The minimum atomic E-state index is 0.295. The third kappa shape index (κ3) is 3.57. The summed E-state index contributed by atoms with van der Waals surface area (Å²) in [5.74, 6) is 0. The molecular weight excluding hydrogens is 299 g/mol. The molecule has 0 saturated carbocycles. The van der Waals surface area contributed by atoms with Crippen LogP contribution in [0.3, 0.4) is 0 Å². The van der Waals surface area contributed by atoms with Gasteiger partial charge < -0.3 is 5.73 Å². The van der Waals surface area contributed by atoms with E-state index in [1.165, 1.54) is 11.8 Å². The van der Waals surface area contributed by atoms with Crippen LogP contribution >= 0.6 is 35.0 Å². The first-order valence-corrected chi connectivity index (χ1v) is 7.05. The normalized spacial score (nSPS) is 10.2. The number of rotatable bonds is 3. The Balaban J connectivity index is 2.31. The highest BCUT2D eigenvalue weighted by molar-refractivity contribution is 7.99. The molecule has 2 aromatic carbocycles. The molecule has 0 radical (unpaired) electrons. The molecule has 2 rings (SSSR count). The lowest BCUT2D eigenvalue weighted by atomic mass is 10.1. The molecule has 0 bridgehead atoms. The van der Waals surface area contributed by atoms with Crippen LogP contribution in [0, 0.1) is 11.3 Å². The first kappa shape index (κ1) is 14.1. The van der Waals surface area contributed by atoms with Gasteiger partial charge in [0.2, 0.25) is 0 Å². The molecule has 5 heteroatoms. The number of hydrogen-bond acceptors (Lipinski definition) is 3. The summed E-state index contributed by atoms with van der Waals surface area (Å²) in [5.41, 5.74) is 7.27. The second-order valence-electron chi connectivity index (χ2n) is 3.87. The molecule has 0 atom stereocenters. The van der Waals surface area contributed by atoms with E-state index in [2.05, 4.69) is 6.07 Å². The Labute approximate surface area is 126 Å². The van der Waals surface area contributed by atoms with Crippen molar-refractivity contribution in [3.05, 3.63) is 52.0 Å². The first-order chi connectivity index (χ1) is 9.10. The molecule has 0 saturated heterocycles. The fourth-order valence-electron chi connectivity index (χ4n) is 1.57. The van der Waals surface area contributed by atoms with Crippen LogP contribution in [0.5, 0.6) is 0 Å². The number of nitrogens with two attached hydrogens (primary N) is 1. The van der Waals surface area contributed by atoms with Crippen molar-refractivity contribution in [1.82, 2.24) is 0 Å². The third-order valence-corrected chi connectivity index (χ3v) is 4.23. The molecule has 2 aromatic rings. The average molecular weight is 309 g/mol. The van der Waals surface area contributed by atoms with Gasteiger partial charge in [-0.05, 0) is 42.0 Å². The van der Waals surface area contributed by atoms with E-state index in [1.807, 2.05) is 18.2 Å². The summed E-state index contributed by atoms with van der Waals surface area (Å²) < 4.78 is 0. The zero-order chi connectivity index (χ0) is 13.8. The lowest BCUT2D eigenvalue weighted by Crippen LogP contribution is -1.93. The highest BCUT2D eigenvalue weighted by atomic mass is 35.5. The van der Waals surface area contributed by atoms with Crippen LogP contribution in [0.1, 0.15) is 5.56 Å². The summed E-state index contributed by atoms with van der Waals surface area (Å²) in [7, 11) is 0. The largest absolute Gasteiger partial charge is 0.398 e. The van der Waals surface area contributed by atoms with Gasteiger partial charge in [-0.3, -0.25) is 0 Å². The highest BCUT2D eigenvalue weighted by Crippen LogP contribution is 2.36. The van der Waals surface area contributed by atoms with E-state index in [0.29, 0.717) is 22.2 Å². The van der Waals surface area contributed by atoms with Crippen LogP contribution in [0.15, 0.2) is 46.2 Å². The van der Waals surface area contributed by atoms with E-state index in [-0.39, 0.29) is 0 Å². The molecule has 0 aromatic heterocycles. The van der Waals surface area contributed by atoms with Gasteiger partial charge in [0, 0.05) is 20.5 Å². The van der Waals surface area contributed by atoms with E-state index in [9.17, 15) is 0 Å². The molecule has 96 valence electrons. The first-order valence-electron chi connectivity index (χ1n) is 5.48. The summed E-state index contributed by atoms with van der Waals surface area (Å²) >= 11 is 13.6. The standard InChI is InChI=1S/C14H10Cl2N2S/c15-10-1-3-12(16)14(8-10)19-11-2-4-13(18)9(7-11)5-6-17/h1-4,7-8H,5,18H2. The zero-order valence-electron chi connectivity index (χ0n) is 9.86. The van der Waals surface area contributed by atoms with E-state index in [1.54, 1.807) is 18.2 Å². The average Bonchev–Trinajstić information content (AvgIpc) is 2.38. The molecule has 19 heavy (non-hydrogen) atoms. The maximum atomic E-state index is 8.75. The summed E-state index contributed by atoms with van der Waals surface area (Å²) in [6, 6.07) is 13.0. The molecule has 2 nitrogen and oxygen atoms in total. The lowest BCUT2D eigenvalue weighted by Gasteiger charge is -2.07. The predicted molar refractivity (Wildman–Crippen MR) is 80.8 cm³/mol. The Bertz CT molecular complexity index is 650. The van der Waals surface area contributed by atoms with Crippen molar-refractivity contribution in [2.45, 2.75) is 16.2 Å². The quantitative estimate of drug-likeness (QED) is 0.829. The second kappa shape index (κ2) is 6.21. The summed E-state index contributed by atoms with van der Waals surface area (Å²) in [4.78, 5) is 1.85. The van der Waals surface area contributed by atoms with Crippen LogP contribution in [0.4, 0.5) is 5.69 Å². The van der Waals surface area contributed by atoms with Gasteiger partial charge >= 0.3 is 0 Å². The summed E-state index contributed by atoms with van der Waals surface area (Å²) in [6.07, 6.45) is 0.295. The van der Waals surface area contributed by atoms with E-state index < -0.39 is 0 Å². The van der Waals surface area contributed by atoms with Gasteiger partial charge in [0.15, 0.2) is 0 Å². The molecule has 0 aliphatic carbocycles. The fraction of sp³-hybridized carbons (Fsp3) is 0.0714. The Morgan fingerprint density at radius 1 is 1.16 bits per heavy atom. The maximum absolute atomic E-state index is 8.75. The summed E-state index contributed by atoms with van der Waals surface area (Å²) in [5, 5.41) is 10.0. The van der Waals surface area contributed by atoms with Crippen LogP contribution in [-0.4, -0.2) is 0 Å². The molecule has 2 N–H and O–H groups in total. The fourth-order valence-corrected chi connectivity index (χ4v) is 2.98. The number of nitrogens with zero attached hydrogens (tertiary/aromatic N) is 1. The molecule has 0 heterocycles. The number of benzene rings is 2. The van der Waals surface area contributed by atoms with Crippen molar-refractivity contribution < 1.29 is 0 Å². The van der Waals surface area contributed by atoms with Crippen LogP contribution in [0.2, 0.25) is 10.0 Å². The third-order valence-electron chi connectivity index (χ3n) is 2.51. The molecular formula is C14H10Cl2N2S.